The second kappa shape index (κ2) is 4.09. The molecule has 1 aromatic rings. The SMILES string of the molecule is Cc1c(N)ncnc1N1CC(C)(C)OC(C)(C)C1. The number of nitrogens with two attached hydrogens (primary N) is 1. The van der Waals surface area contributed by atoms with E-state index >= 15 is 0 Å². The summed E-state index contributed by atoms with van der Waals surface area (Å²) >= 11 is 0. The molecule has 100 valence electrons. The number of ether oxygens (including phenoxy) is 1. The van der Waals surface area contributed by atoms with E-state index in [1.807, 2.05) is 6.92 Å². The monoisotopic (exact) mass is 250 g/mol. The summed E-state index contributed by atoms with van der Waals surface area (Å²) in [5, 5.41) is 0. The van der Waals surface area contributed by atoms with Crippen LogP contribution in [0.5, 0.6) is 0 Å². The molecule has 2 rings (SSSR count). The van der Waals surface area contributed by atoms with Gasteiger partial charge in [0.2, 0.25) is 0 Å². The first-order chi connectivity index (χ1) is 8.20. The van der Waals surface area contributed by atoms with Crippen molar-refractivity contribution in [1.82, 2.24) is 9.97 Å². The van der Waals surface area contributed by atoms with Crippen molar-refractivity contribution in [2.24, 2.45) is 0 Å². The third-order valence-corrected chi connectivity index (χ3v) is 3.09. The Balaban J connectivity index is 2.36. The van der Waals surface area contributed by atoms with Crippen molar-refractivity contribution >= 4 is 11.6 Å². The zero-order valence-corrected chi connectivity index (χ0v) is 11.8. The Morgan fingerprint density at radius 3 is 2.28 bits per heavy atom. The van der Waals surface area contributed by atoms with Crippen LogP contribution in [-0.4, -0.2) is 34.3 Å². The van der Waals surface area contributed by atoms with Crippen LogP contribution in [0.1, 0.15) is 33.3 Å². The largest absolute Gasteiger partial charge is 0.383 e. The molecule has 0 atom stereocenters. The maximum absolute atomic E-state index is 6.07. The number of morpholine rings is 1. The summed E-state index contributed by atoms with van der Waals surface area (Å²) in [6.07, 6.45) is 1.52. The van der Waals surface area contributed by atoms with Gasteiger partial charge in [-0.15, -0.1) is 0 Å². The lowest BCUT2D eigenvalue weighted by molar-refractivity contribution is -0.133. The summed E-state index contributed by atoms with van der Waals surface area (Å²) in [4.78, 5) is 10.6. The second-order valence-corrected chi connectivity index (χ2v) is 6.19. The fourth-order valence-corrected chi connectivity index (χ4v) is 2.71. The van der Waals surface area contributed by atoms with Gasteiger partial charge in [0, 0.05) is 18.7 Å². The molecule has 2 heterocycles. The Kier molecular flexibility index (Phi) is 2.97. The zero-order chi connectivity index (χ0) is 13.6. The van der Waals surface area contributed by atoms with E-state index in [1.165, 1.54) is 6.33 Å². The molecule has 0 aliphatic carbocycles. The standard InChI is InChI=1S/C13H22N4O/c1-9-10(14)15-8-16-11(9)17-6-12(2,3)18-13(4,5)7-17/h8H,6-7H2,1-5H3,(H2,14,15,16). The van der Waals surface area contributed by atoms with Gasteiger partial charge >= 0.3 is 0 Å². The van der Waals surface area contributed by atoms with Crippen molar-refractivity contribution < 1.29 is 4.74 Å². The van der Waals surface area contributed by atoms with Crippen molar-refractivity contribution in [2.75, 3.05) is 23.7 Å². The molecule has 0 saturated carbocycles. The number of hydrogen-bond acceptors (Lipinski definition) is 5. The van der Waals surface area contributed by atoms with Crippen LogP contribution in [-0.2, 0) is 4.74 Å². The molecular formula is C13H22N4O. The van der Waals surface area contributed by atoms with Crippen molar-refractivity contribution in [2.45, 2.75) is 45.8 Å². The van der Waals surface area contributed by atoms with Gasteiger partial charge in [0.1, 0.15) is 18.0 Å². The van der Waals surface area contributed by atoms with Gasteiger partial charge in [0.15, 0.2) is 0 Å². The van der Waals surface area contributed by atoms with Gasteiger partial charge in [0.05, 0.1) is 11.2 Å². The fourth-order valence-electron chi connectivity index (χ4n) is 2.71. The second-order valence-electron chi connectivity index (χ2n) is 6.19. The van der Waals surface area contributed by atoms with Gasteiger partial charge in [-0.2, -0.15) is 0 Å². The Labute approximate surface area is 108 Å². The predicted octanol–water partition coefficient (Wildman–Crippen LogP) is 1.76. The number of aromatic nitrogens is 2. The van der Waals surface area contributed by atoms with Gasteiger partial charge in [-0.3, -0.25) is 0 Å². The minimum atomic E-state index is -0.200. The highest BCUT2D eigenvalue weighted by atomic mass is 16.5. The number of nitrogen functional groups attached to an aromatic ring is 1. The summed E-state index contributed by atoms with van der Waals surface area (Å²) in [6.45, 7) is 11.9. The molecule has 1 fully saturated rings. The Morgan fingerprint density at radius 1 is 1.17 bits per heavy atom. The highest BCUT2D eigenvalue weighted by Crippen LogP contribution is 2.32. The van der Waals surface area contributed by atoms with Gasteiger partial charge in [-0.05, 0) is 34.6 Å². The smallest absolute Gasteiger partial charge is 0.137 e. The van der Waals surface area contributed by atoms with Crippen molar-refractivity contribution in [1.29, 1.82) is 0 Å². The van der Waals surface area contributed by atoms with Crippen LogP contribution >= 0.6 is 0 Å². The van der Waals surface area contributed by atoms with Crippen LogP contribution in [0.2, 0.25) is 0 Å². The van der Waals surface area contributed by atoms with E-state index < -0.39 is 0 Å². The summed E-state index contributed by atoms with van der Waals surface area (Å²) in [5.41, 5.74) is 6.39. The van der Waals surface area contributed by atoms with Crippen LogP contribution in [0, 0.1) is 6.92 Å². The van der Waals surface area contributed by atoms with E-state index in [9.17, 15) is 0 Å². The lowest BCUT2D eigenvalue weighted by atomic mass is 9.98. The lowest BCUT2D eigenvalue weighted by Gasteiger charge is -2.47. The molecule has 5 heteroatoms. The lowest BCUT2D eigenvalue weighted by Crippen LogP contribution is -2.57. The van der Waals surface area contributed by atoms with Crippen molar-refractivity contribution in [3.8, 4) is 0 Å². The topological polar surface area (TPSA) is 64.3 Å². The van der Waals surface area contributed by atoms with Gasteiger partial charge < -0.3 is 15.4 Å². The van der Waals surface area contributed by atoms with E-state index in [4.69, 9.17) is 10.5 Å². The quantitative estimate of drug-likeness (QED) is 0.822. The van der Waals surface area contributed by atoms with Gasteiger partial charge in [-0.25, -0.2) is 9.97 Å². The molecule has 2 N–H and O–H groups in total. The van der Waals surface area contributed by atoms with Crippen molar-refractivity contribution in [3.63, 3.8) is 0 Å². The average molecular weight is 250 g/mol. The van der Waals surface area contributed by atoms with Crippen LogP contribution in [0.3, 0.4) is 0 Å². The maximum Gasteiger partial charge on any atom is 0.137 e. The van der Waals surface area contributed by atoms with E-state index in [0.29, 0.717) is 5.82 Å². The molecule has 18 heavy (non-hydrogen) atoms. The van der Waals surface area contributed by atoms with Gasteiger partial charge in [0.25, 0.3) is 0 Å². The summed E-state index contributed by atoms with van der Waals surface area (Å²) in [6, 6.07) is 0. The van der Waals surface area contributed by atoms with Crippen LogP contribution < -0.4 is 10.6 Å². The summed E-state index contributed by atoms with van der Waals surface area (Å²) < 4.78 is 6.07. The number of nitrogens with zero attached hydrogens (tertiary/aromatic N) is 3. The average Bonchev–Trinajstić information content (AvgIpc) is 2.17. The number of rotatable bonds is 1. The first-order valence-electron chi connectivity index (χ1n) is 6.22. The fraction of sp³-hybridized carbons (Fsp3) is 0.692. The highest BCUT2D eigenvalue weighted by molar-refractivity contribution is 5.56. The molecule has 0 radical (unpaired) electrons. The molecular weight excluding hydrogens is 228 g/mol. The Morgan fingerprint density at radius 2 is 1.72 bits per heavy atom. The molecule has 0 spiro atoms. The Bertz CT molecular complexity index is 440. The van der Waals surface area contributed by atoms with Gasteiger partial charge in [-0.1, -0.05) is 0 Å². The zero-order valence-electron chi connectivity index (χ0n) is 11.8. The summed E-state index contributed by atoms with van der Waals surface area (Å²) in [7, 11) is 0. The normalized spacial score (nSPS) is 21.9. The van der Waals surface area contributed by atoms with E-state index in [2.05, 4.69) is 42.6 Å². The molecule has 1 aromatic heterocycles. The number of anilines is 2. The molecule has 0 amide bonds. The molecule has 5 nitrogen and oxygen atoms in total. The van der Waals surface area contributed by atoms with Crippen LogP contribution in [0.15, 0.2) is 6.33 Å². The minimum absolute atomic E-state index is 0.200. The van der Waals surface area contributed by atoms with Crippen molar-refractivity contribution in [3.05, 3.63) is 11.9 Å². The highest BCUT2D eigenvalue weighted by Gasteiger charge is 2.39. The molecule has 0 aromatic carbocycles. The van der Waals surface area contributed by atoms with E-state index in [-0.39, 0.29) is 11.2 Å². The molecule has 1 aliphatic heterocycles. The number of hydrogen-bond donors (Lipinski definition) is 1. The molecule has 0 bridgehead atoms. The van der Waals surface area contributed by atoms with Crippen LogP contribution in [0.25, 0.3) is 0 Å². The molecule has 1 saturated heterocycles. The first-order valence-corrected chi connectivity index (χ1v) is 6.22. The predicted molar refractivity (Wildman–Crippen MR) is 72.6 cm³/mol. The molecule has 0 unspecified atom stereocenters. The molecule has 1 aliphatic rings. The van der Waals surface area contributed by atoms with E-state index in [0.717, 1.165) is 24.5 Å². The van der Waals surface area contributed by atoms with Crippen LogP contribution in [0.4, 0.5) is 11.6 Å². The first kappa shape index (κ1) is 13.1. The van der Waals surface area contributed by atoms with E-state index in [1.54, 1.807) is 0 Å². The third kappa shape index (κ3) is 2.56. The minimum Gasteiger partial charge on any atom is -0.383 e. The summed E-state index contributed by atoms with van der Waals surface area (Å²) in [5.74, 6) is 1.45. The Hall–Kier alpha value is -1.36. The maximum atomic E-state index is 6.07. The third-order valence-electron chi connectivity index (χ3n) is 3.09.